The second-order valence-electron chi connectivity index (χ2n) is 4.88. The lowest BCUT2D eigenvalue weighted by Crippen LogP contribution is -2.22. The molecule has 2 N–H and O–H groups in total. The highest BCUT2D eigenvalue weighted by molar-refractivity contribution is 6.31. The van der Waals surface area contributed by atoms with Crippen LogP contribution in [0.5, 0.6) is 0 Å². The molecule has 1 amide bonds. The van der Waals surface area contributed by atoms with Crippen LogP contribution >= 0.6 is 11.6 Å². The predicted molar refractivity (Wildman–Crippen MR) is 91.1 cm³/mol. The number of methoxy groups -OCH3 is 1. The van der Waals surface area contributed by atoms with Crippen molar-refractivity contribution in [2.24, 2.45) is 0 Å². The minimum absolute atomic E-state index is 0.111. The first-order valence-corrected chi connectivity index (χ1v) is 7.36. The van der Waals surface area contributed by atoms with Gasteiger partial charge in [0.05, 0.1) is 19.2 Å². The van der Waals surface area contributed by atoms with Crippen LogP contribution < -0.4 is 10.6 Å². The molecule has 0 unspecified atom stereocenters. The number of amides is 1. The maximum Gasteiger partial charge on any atom is 0.337 e. The zero-order valence-electron chi connectivity index (χ0n) is 12.9. The van der Waals surface area contributed by atoms with Crippen molar-refractivity contribution in [2.75, 3.05) is 24.3 Å². The van der Waals surface area contributed by atoms with Crippen molar-refractivity contribution in [1.29, 1.82) is 0 Å². The number of esters is 1. The minimum Gasteiger partial charge on any atom is -0.465 e. The molecule has 2 rings (SSSR count). The van der Waals surface area contributed by atoms with Gasteiger partial charge >= 0.3 is 5.97 Å². The largest absolute Gasteiger partial charge is 0.465 e. The van der Waals surface area contributed by atoms with E-state index in [1.807, 2.05) is 19.1 Å². The van der Waals surface area contributed by atoms with Crippen LogP contribution in [-0.2, 0) is 9.53 Å². The minimum atomic E-state index is -0.416. The quantitative estimate of drug-likeness (QED) is 0.822. The lowest BCUT2D eigenvalue weighted by Gasteiger charge is -2.11. The summed E-state index contributed by atoms with van der Waals surface area (Å²) in [5.41, 5.74) is 2.74. The SMILES string of the molecule is COC(=O)c1ccc(NC(=O)CNc2cccc(Cl)c2C)cc1. The van der Waals surface area contributed by atoms with E-state index in [1.165, 1.54) is 7.11 Å². The first-order valence-electron chi connectivity index (χ1n) is 6.98. The van der Waals surface area contributed by atoms with Gasteiger partial charge in [0.25, 0.3) is 0 Å². The van der Waals surface area contributed by atoms with Gasteiger partial charge in [0.1, 0.15) is 0 Å². The monoisotopic (exact) mass is 332 g/mol. The van der Waals surface area contributed by atoms with E-state index in [-0.39, 0.29) is 12.5 Å². The van der Waals surface area contributed by atoms with Crippen LogP contribution in [-0.4, -0.2) is 25.5 Å². The van der Waals surface area contributed by atoms with Crippen molar-refractivity contribution in [3.63, 3.8) is 0 Å². The van der Waals surface area contributed by atoms with Gasteiger partial charge in [0, 0.05) is 16.4 Å². The highest BCUT2D eigenvalue weighted by atomic mass is 35.5. The first kappa shape index (κ1) is 16.8. The molecule has 0 saturated carbocycles. The third-order valence-electron chi connectivity index (χ3n) is 3.30. The Labute approximate surface area is 139 Å². The van der Waals surface area contributed by atoms with Crippen LogP contribution in [0.25, 0.3) is 0 Å². The zero-order valence-corrected chi connectivity index (χ0v) is 13.6. The van der Waals surface area contributed by atoms with Gasteiger partial charge in [-0.05, 0) is 48.9 Å². The molecular weight excluding hydrogens is 316 g/mol. The van der Waals surface area contributed by atoms with Gasteiger partial charge in [-0.25, -0.2) is 4.79 Å². The van der Waals surface area contributed by atoms with E-state index >= 15 is 0 Å². The van der Waals surface area contributed by atoms with Crippen molar-refractivity contribution < 1.29 is 14.3 Å². The Morgan fingerprint density at radius 3 is 2.48 bits per heavy atom. The molecule has 0 aromatic heterocycles. The number of hydrogen-bond donors (Lipinski definition) is 2. The summed E-state index contributed by atoms with van der Waals surface area (Å²) in [4.78, 5) is 23.3. The summed E-state index contributed by atoms with van der Waals surface area (Å²) in [7, 11) is 1.32. The number of carbonyl (C=O) groups excluding carboxylic acids is 2. The van der Waals surface area contributed by atoms with Gasteiger partial charge in [-0.1, -0.05) is 17.7 Å². The molecule has 0 heterocycles. The lowest BCUT2D eigenvalue weighted by atomic mass is 10.2. The summed E-state index contributed by atoms with van der Waals surface area (Å²) in [6.07, 6.45) is 0. The summed E-state index contributed by atoms with van der Waals surface area (Å²) in [6, 6.07) is 12.0. The molecule has 23 heavy (non-hydrogen) atoms. The van der Waals surface area contributed by atoms with Crippen LogP contribution in [0.3, 0.4) is 0 Å². The van der Waals surface area contributed by atoms with Gasteiger partial charge in [0.15, 0.2) is 0 Å². The summed E-state index contributed by atoms with van der Waals surface area (Å²) in [6.45, 7) is 1.99. The molecule has 0 bridgehead atoms. The van der Waals surface area contributed by atoms with Gasteiger partial charge < -0.3 is 15.4 Å². The highest BCUT2D eigenvalue weighted by Gasteiger charge is 2.07. The number of ether oxygens (including phenoxy) is 1. The number of nitrogens with one attached hydrogen (secondary N) is 2. The van der Waals surface area contributed by atoms with E-state index in [0.29, 0.717) is 16.3 Å². The van der Waals surface area contributed by atoms with Crippen LogP contribution in [0, 0.1) is 6.92 Å². The number of benzene rings is 2. The van der Waals surface area contributed by atoms with Crippen molar-refractivity contribution in [3.05, 3.63) is 58.6 Å². The Kier molecular flexibility index (Phi) is 5.60. The maximum absolute atomic E-state index is 12.0. The maximum atomic E-state index is 12.0. The number of anilines is 2. The van der Waals surface area contributed by atoms with Gasteiger partial charge in [-0.15, -0.1) is 0 Å². The summed E-state index contributed by atoms with van der Waals surface area (Å²) >= 11 is 6.03. The van der Waals surface area contributed by atoms with E-state index in [4.69, 9.17) is 11.6 Å². The molecule has 0 radical (unpaired) electrons. The van der Waals surface area contributed by atoms with Crippen LogP contribution in [0.15, 0.2) is 42.5 Å². The summed E-state index contributed by atoms with van der Waals surface area (Å²) < 4.78 is 4.62. The van der Waals surface area contributed by atoms with Crippen LogP contribution in [0.1, 0.15) is 15.9 Å². The fourth-order valence-electron chi connectivity index (χ4n) is 1.99. The summed E-state index contributed by atoms with van der Waals surface area (Å²) in [5.74, 6) is -0.615. The Bertz CT molecular complexity index is 714. The van der Waals surface area contributed by atoms with E-state index in [2.05, 4.69) is 15.4 Å². The van der Waals surface area contributed by atoms with Crippen molar-refractivity contribution in [1.82, 2.24) is 0 Å². The van der Waals surface area contributed by atoms with Crippen molar-refractivity contribution in [2.45, 2.75) is 6.92 Å². The number of halogens is 1. The molecule has 0 fully saturated rings. The van der Waals surface area contributed by atoms with E-state index in [9.17, 15) is 9.59 Å². The number of hydrogen-bond acceptors (Lipinski definition) is 4. The predicted octanol–water partition coefficient (Wildman–Crippen LogP) is 3.49. The van der Waals surface area contributed by atoms with Gasteiger partial charge in [-0.2, -0.15) is 0 Å². The molecular formula is C17H17ClN2O3. The molecule has 0 aliphatic heterocycles. The Balaban J connectivity index is 1.92. The number of carbonyl (C=O) groups is 2. The normalized spacial score (nSPS) is 10.0. The lowest BCUT2D eigenvalue weighted by molar-refractivity contribution is -0.114. The molecule has 120 valence electrons. The molecule has 0 spiro atoms. The summed E-state index contributed by atoms with van der Waals surface area (Å²) in [5, 5.41) is 6.43. The van der Waals surface area contributed by atoms with Crippen molar-refractivity contribution in [3.8, 4) is 0 Å². The Hall–Kier alpha value is -2.53. The third kappa shape index (κ3) is 4.47. The molecule has 0 aliphatic carbocycles. The third-order valence-corrected chi connectivity index (χ3v) is 3.71. The Morgan fingerprint density at radius 2 is 1.83 bits per heavy atom. The molecule has 6 heteroatoms. The van der Waals surface area contributed by atoms with Crippen LogP contribution in [0.4, 0.5) is 11.4 Å². The van der Waals surface area contributed by atoms with Gasteiger partial charge in [-0.3, -0.25) is 4.79 Å². The molecule has 2 aromatic rings. The average Bonchev–Trinajstić information content (AvgIpc) is 2.56. The molecule has 0 saturated heterocycles. The smallest absolute Gasteiger partial charge is 0.337 e. The second-order valence-corrected chi connectivity index (χ2v) is 5.29. The molecule has 0 atom stereocenters. The van der Waals surface area contributed by atoms with E-state index in [0.717, 1.165) is 11.3 Å². The fraction of sp³-hybridized carbons (Fsp3) is 0.176. The fourth-order valence-corrected chi connectivity index (χ4v) is 2.16. The molecule has 0 aliphatic rings. The standard InChI is InChI=1S/C17H17ClN2O3/c1-11-14(18)4-3-5-15(11)19-10-16(21)20-13-8-6-12(7-9-13)17(22)23-2/h3-9,19H,10H2,1-2H3,(H,20,21). The zero-order chi connectivity index (χ0) is 16.8. The topological polar surface area (TPSA) is 67.4 Å². The van der Waals surface area contributed by atoms with Gasteiger partial charge in [0.2, 0.25) is 5.91 Å². The molecule has 5 nitrogen and oxygen atoms in total. The number of rotatable bonds is 5. The Morgan fingerprint density at radius 1 is 1.13 bits per heavy atom. The molecule has 2 aromatic carbocycles. The first-order chi connectivity index (χ1) is 11.0. The van der Waals surface area contributed by atoms with E-state index in [1.54, 1.807) is 30.3 Å². The van der Waals surface area contributed by atoms with Crippen LogP contribution in [0.2, 0.25) is 5.02 Å². The second kappa shape index (κ2) is 7.65. The highest BCUT2D eigenvalue weighted by Crippen LogP contribution is 2.22. The van der Waals surface area contributed by atoms with Crippen molar-refractivity contribution >= 4 is 34.9 Å². The van der Waals surface area contributed by atoms with E-state index < -0.39 is 5.97 Å². The average molecular weight is 333 g/mol.